The molecule has 1 saturated carbocycles. The number of nitrogens with one attached hydrogen (secondary N) is 1. The lowest BCUT2D eigenvalue weighted by atomic mass is 10.1. The van der Waals surface area contributed by atoms with Gasteiger partial charge in [0.2, 0.25) is 5.91 Å². The molecule has 1 fully saturated rings. The van der Waals surface area contributed by atoms with E-state index in [0.717, 1.165) is 15.8 Å². The van der Waals surface area contributed by atoms with Crippen LogP contribution in [-0.2, 0) is 16.0 Å². The van der Waals surface area contributed by atoms with Crippen LogP contribution in [0, 0.1) is 5.41 Å². The fraction of sp³-hybridized carbons (Fsp3) is 0.455. The number of thiophene rings is 1. The molecule has 0 radical (unpaired) electrons. The summed E-state index contributed by atoms with van der Waals surface area (Å²) < 4.78 is 1.04. The van der Waals surface area contributed by atoms with Gasteiger partial charge in [0.15, 0.2) is 0 Å². The molecule has 1 aromatic rings. The van der Waals surface area contributed by atoms with Crippen LogP contribution in [0.15, 0.2) is 15.9 Å². The third kappa shape index (κ3) is 2.69. The van der Waals surface area contributed by atoms with Crippen LogP contribution >= 0.6 is 27.3 Å². The average Bonchev–Trinajstić information content (AvgIpc) is 2.99. The van der Waals surface area contributed by atoms with Crippen molar-refractivity contribution in [3.63, 3.8) is 0 Å². The first kappa shape index (κ1) is 12.6. The maximum atomic E-state index is 11.7. The first-order valence-electron chi connectivity index (χ1n) is 5.29. The molecular formula is C11H12BrNO3S. The molecule has 4 nitrogen and oxygen atoms in total. The van der Waals surface area contributed by atoms with E-state index in [1.807, 2.05) is 11.4 Å². The first-order valence-corrected chi connectivity index (χ1v) is 6.96. The number of halogens is 1. The zero-order chi connectivity index (χ0) is 12.5. The van der Waals surface area contributed by atoms with E-state index >= 15 is 0 Å². The van der Waals surface area contributed by atoms with Crippen molar-refractivity contribution in [3.8, 4) is 0 Å². The third-order valence-corrected chi connectivity index (χ3v) is 4.63. The quantitative estimate of drug-likeness (QED) is 0.817. The van der Waals surface area contributed by atoms with Gasteiger partial charge >= 0.3 is 5.97 Å². The van der Waals surface area contributed by atoms with Gasteiger partial charge in [-0.15, -0.1) is 11.3 Å². The molecule has 2 N–H and O–H groups in total. The van der Waals surface area contributed by atoms with Gasteiger partial charge in [-0.25, -0.2) is 0 Å². The van der Waals surface area contributed by atoms with Crippen LogP contribution in [0.2, 0.25) is 0 Å². The van der Waals surface area contributed by atoms with Crippen LogP contribution < -0.4 is 5.32 Å². The summed E-state index contributed by atoms with van der Waals surface area (Å²) in [5, 5.41) is 13.6. The second-order valence-electron chi connectivity index (χ2n) is 4.12. The Kier molecular flexibility index (Phi) is 3.53. The fourth-order valence-electron chi connectivity index (χ4n) is 1.62. The average molecular weight is 318 g/mol. The van der Waals surface area contributed by atoms with E-state index < -0.39 is 11.4 Å². The second kappa shape index (κ2) is 4.78. The molecule has 92 valence electrons. The molecule has 6 heteroatoms. The Morgan fingerprint density at radius 1 is 1.53 bits per heavy atom. The highest BCUT2D eigenvalue weighted by Crippen LogP contribution is 2.46. The van der Waals surface area contributed by atoms with Gasteiger partial charge in [-0.3, -0.25) is 9.59 Å². The molecule has 0 aromatic carbocycles. The number of hydrogen-bond donors (Lipinski definition) is 2. The number of amides is 1. The van der Waals surface area contributed by atoms with E-state index in [9.17, 15) is 9.59 Å². The molecule has 17 heavy (non-hydrogen) atoms. The van der Waals surface area contributed by atoms with Crippen molar-refractivity contribution in [3.05, 3.63) is 20.8 Å². The number of carboxylic acid groups (broad SMARTS) is 1. The van der Waals surface area contributed by atoms with E-state index in [0.29, 0.717) is 19.4 Å². The Hall–Kier alpha value is -0.880. The number of hydrogen-bond acceptors (Lipinski definition) is 3. The highest BCUT2D eigenvalue weighted by Gasteiger charge is 2.56. The topological polar surface area (TPSA) is 66.4 Å². The van der Waals surface area contributed by atoms with E-state index in [-0.39, 0.29) is 5.91 Å². The molecule has 0 aliphatic heterocycles. The van der Waals surface area contributed by atoms with E-state index in [1.54, 1.807) is 11.3 Å². The van der Waals surface area contributed by atoms with E-state index in [2.05, 4.69) is 21.2 Å². The summed E-state index contributed by atoms with van der Waals surface area (Å²) >= 11 is 4.98. The van der Waals surface area contributed by atoms with Crippen molar-refractivity contribution in [2.45, 2.75) is 19.3 Å². The largest absolute Gasteiger partial charge is 0.480 e. The Balaban J connectivity index is 1.79. The highest BCUT2D eigenvalue weighted by atomic mass is 79.9. The van der Waals surface area contributed by atoms with Crippen LogP contribution in [0.4, 0.5) is 0 Å². The van der Waals surface area contributed by atoms with Crippen LogP contribution in [-0.4, -0.2) is 23.5 Å². The lowest BCUT2D eigenvalue weighted by molar-refractivity contribution is -0.149. The molecule has 0 spiro atoms. The lowest BCUT2D eigenvalue weighted by Crippen LogP contribution is -2.37. The van der Waals surface area contributed by atoms with Crippen molar-refractivity contribution < 1.29 is 14.7 Å². The first-order chi connectivity index (χ1) is 8.04. The van der Waals surface area contributed by atoms with Crippen molar-refractivity contribution in [2.75, 3.05) is 6.54 Å². The molecule has 1 heterocycles. The fourth-order valence-corrected chi connectivity index (χ4v) is 3.07. The van der Waals surface area contributed by atoms with Gasteiger partial charge in [-0.2, -0.15) is 0 Å². The predicted octanol–water partition coefficient (Wildman–Crippen LogP) is 2.03. The Morgan fingerprint density at radius 2 is 2.24 bits per heavy atom. The monoisotopic (exact) mass is 317 g/mol. The van der Waals surface area contributed by atoms with Gasteiger partial charge in [-0.1, -0.05) is 0 Å². The lowest BCUT2D eigenvalue weighted by Gasteiger charge is -2.09. The molecule has 0 saturated heterocycles. The van der Waals surface area contributed by atoms with E-state index in [4.69, 9.17) is 5.11 Å². The Labute approximate surface area is 111 Å². The van der Waals surface area contributed by atoms with E-state index in [1.165, 1.54) is 0 Å². The number of carbonyl (C=O) groups is 2. The van der Waals surface area contributed by atoms with Gasteiger partial charge in [0.1, 0.15) is 5.41 Å². The zero-order valence-electron chi connectivity index (χ0n) is 9.03. The highest BCUT2D eigenvalue weighted by molar-refractivity contribution is 9.10. The summed E-state index contributed by atoms with van der Waals surface area (Å²) in [5.41, 5.74) is -1.13. The molecule has 1 aliphatic carbocycles. The Bertz CT molecular complexity index is 453. The van der Waals surface area contributed by atoms with Gasteiger partial charge in [-0.05, 0) is 41.3 Å². The number of aliphatic carboxylic acids is 1. The maximum absolute atomic E-state index is 11.7. The molecule has 1 amide bonds. The summed E-state index contributed by atoms with van der Waals surface area (Å²) in [5.74, 6) is -1.35. The van der Waals surface area contributed by atoms with Gasteiger partial charge < -0.3 is 10.4 Å². The summed E-state index contributed by atoms with van der Waals surface area (Å²) in [6.45, 7) is 0.487. The normalized spacial score (nSPS) is 16.5. The number of carbonyl (C=O) groups excluding carboxylic acids is 1. The van der Waals surface area contributed by atoms with Gasteiger partial charge in [0.05, 0.1) is 0 Å². The second-order valence-corrected chi connectivity index (χ2v) is 6.04. The predicted molar refractivity (Wildman–Crippen MR) is 68.0 cm³/mol. The van der Waals surface area contributed by atoms with Crippen molar-refractivity contribution in [1.82, 2.24) is 5.32 Å². The third-order valence-electron chi connectivity index (χ3n) is 2.87. The maximum Gasteiger partial charge on any atom is 0.319 e. The molecular weight excluding hydrogens is 306 g/mol. The number of carboxylic acids is 1. The Morgan fingerprint density at radius 3 is 2.71 bits per heavy atom. The molecule has 1 aromatic heterocycles. The molecule has 1 aliphatic rings. The minimum atomic E-state index is -1.13. The van der Waals surface area contributed by atoms with Crippen LogP contribution in [0.25, 0.3) is 0 Å². The molecule has 0 unspecified atom stereocenters. The van der Waals surface area contributed by atoms with Crippen molar-refractivity contribution >= 4 is 39.1 Å². The smallest absolute Gasteiger partial charge is 0.319 e. The molecule has 2 rings (SSSR count). The summed E-state index contributed by atoms with van der Waals surface area (Å²) in [6.07, 6.45) is 1.65. The zero-order valence-corrected chi connectivity index (χ0v) is 11.4. The summed E-state index contributed by atoms with van der Waals surface area (Å²) in [4.78, 5) is 23.7. The van der Waals surface area contributed by atoms with Crippen LogP contribution in [0.3, 0.4) is 0 Å². The summed E-state index contributed by atoms with van der Waals surface area (Å²) in [7, 11) is 0. The van der Waals surface area contributed by atoms with Gasteiger partial charge in [0.25, 0.3) is 0 Å². The van der Waals surface area contributed by atoms with Crippen molar-refractivity contribution in [2.24, 2.45) is 5.41 Å². The summed E-state index contributed by atoms with van der Waals surface area (Å²) in [6, 6.07) is 2.00. The molecule has 0 atom stereocenters. The number of rotatable bonds is 5. The standard InChI is InChI=1S/C11H12BrNO3S/c12-7-5-8(17-6-7)1-4-13-9(14)11(2-3-11)10(15)16/h5-6H,1-4H2,(H,13,14)(H,15,16). The minimum Gasteiger partial charge on any atom is -0.480 e. The minimum absolute atomic E-state index is 0.347. The van der Waals surface area contributed by atoms with Crippen molar-refractivity contribution in [1.29, 1.82) is 0 Å². The molecule has 0 bridgehead atoms. The van der Waals surface area contributed by atoms with Gasteiger partial charge in [0, 0.05) is 21.3 Å². The van der Waals surface area contributed by atoms with Crippen LogP contribution in [0.1, 0.15) is 17.7 Å². The van der Waals surface area contributed by atoms with Crippen LogP contribution in [0.5, 0.6) is 0 Å². The SMILES string of the molecule is O=C(O)C1(C(=O)NCCc2cc(Br)cs2)CC1.